The zero-order valence-electron chi connectivity index (χ0n) is 17.4. The number of nitrogens with one attached hydrogen (secondary N) is 1. The molecule has 0 saturated carbocycles. The molecule has 2 aromatic heterocycles. The highest BCUT2D eigenvalue weighted by molar-refractivity contribution is 7.99. The normalized spacial score (nSPS) is 11.8. The largest absolute Gasteiger partial charge is 0.416 e. The number of carbonyl (C=O) groups excluding carboxylic acids is 1. The van der Waals surface area contributed by atoms with Crippen LogP contribution in [0.5, 0.6) is 0 Å². The number of thiophene rings is 1. The zero-order valence-corrected chi connectivity index (χ0v) is 19.0. The first-order valence-electron chi connectivity index (χ1n) is 9.81. The Morgan fingerprint density at radius 3 is 2.68 bits per heavy atom. The molecule has 0 aliphatic rings. The fraction of sp³-hybridized carbons (Fsp3) is 0.381. The van der Waals surface area contributed by atoms with Gasteiger partial charge in [0.1, 0.15) is 0 Å². The van der Waals surface area contributed by atoms with E-state index in [2.05, 4.69) is 40.8 Å². The van der Waals surface area contributed by atoms with Crippen LogP contribution in [0.3, 0.4) is 0 Å². The predicted molar refractivity (Wildman–Crippen MR) is 119 cm³/mol. The van der Waals surface area contributed by atoms with E-state index in [0.29, 0.717) is 17.6 Å². The first kappa shape index (κ1) is 23.3. The molecule has 3 rings (SSSR count). The van der Waals surface area contributed by atoms with Crippen LogP contribution in [0.15, 0.2) is 40.9 Å². The maximum atomic E-state index is 12.8. The van der Waals surface area contributed by atoms with Gasteiger partial charge in [0, 0.05) is 28.1 Å². The number of carbonyl (C=O) groups is 1. The topological polar surface area (TPSA) is 59.8 Å². The van der Waals surface area contributed by atoms with E-state index in [9.17, 15) is 18.0 Å². The molecular formula is C21H23F3N4OS2. The molecular weight excluding hydrogens is 445 g/mol. The van der Waals surface area contributed by atoms with Gasteiger partial charge in [0.2, 0.25) is 5.91 Å². The molecule has 2 heterocycles. The molecule has 0 unspecified atom stereocenters. The van der Waals surface area contributed by atoms with Crippen LogP contribution in [0.1, 0.15) is 43.6 Å². The summed E-state index contributed by atoms with van der Waals surface area (Å²) < 4.78 is 40.5. The Bertz CT molecular complexity index is 1040. The second-order valence-electron chi connectivity index (χ2n) is 7.27. The van der Waals surface area contributed by atoms with Gasteiger partial charge in [-0.05, 0) is 36.6 Å². The lowest BCUT2D eigenvalue weighted by atomic mass is 10.1. The molecule has 1 N–H and O–H groups in total. The monoisotopic (exact) mass is 468 g/mol. The Labute approximate surface area is 187 Å². The van der Waals surface area contributed by atoms with Crippen molar-refractivity contribution in [1.29, 1.82) is 0 Å². The summed E-state index contributed by atoms with van der Waals surface area (Å²) in [5.41, 5.74) is 0.298. The van der Waals surface area contributed by atoms with E-state index in [1.165, 1.54) is 28.8 Å². The van der Waals surface area contributed by atoms with Crippen molar-refractivity contribution in [2.45, 2.75) is 51.0 Å². The molecule has 5 nitrogen and oxygen atoms in total. The molecule has 3 aromatic rings. The Hall–Kier alpha value is -2.33. The number of anilines is 1. The first-order valence-corrected chi connectivity index (χ1v) is 11.7. The minimum Gasteiger partial charge on any atom is -0.325 e. The van der Waals surface area contributed by atoms with Crippen LogP contribution in [0.2, 0.25) is 0 Å². The van der Waals surface area contributed by atoms with Crippen molar-refractivity contribution in [2.75, 3.05) is 11.1 Å². The number of amides is 1. The number of hydrogen-bond donors (Lipinski definition) is 1. The summed E-state index contributed by atoms with van der Waals surface area (Å²) in [6.07, 6.45) is -3.59. The molecule has 10 heteroatoms. The highest BCUT2D eigenvalue weighted by atomic mass is 32.2. The third-order valence-corrected chi connectivity index (χ3v) is 6.62. The molecule has 0 radical (unpaired) electrons. The van der Waals surface area contributed by atoms with Gasteiger partial charge >= 0.3 is 6.18 Å². The molecule has 0 fully saturated rings. The highest BCUT2D eigenvalue weighted by Crippen LogP contribution is 2.32. The molecule has 31 heavy (non-hydrogen) atoms. The highest BCUT2D eigenvalue weighted by Gasteiger charge is 2.30. The van der Waals surface area contributed by atoms with Gasteiger partial charge in [0.25, 0.3) is 0 Å². The van der Waals surface area contributed by atoms with Crippen LogP contribution in [0.25, 0.3) is 11.4 Å². The van der Waals surface area contributed by atoms with Crippen LogP contribution in [0.4, 0.5) is 18.9 Å². The number of aromatic nitrogens is 3. The predicted octanol–water partition coefficient (Wildman–Crippen LogP) is 6.29. The van der Waals surface area contributed by atoms with E-state index in [4.69, 9.17) is 0 Å². The van der Waals surface area contributed by atoms with Crippen molar-refractivity contribution < 1.29 is 18.0 Å². The van der Waals surface area contributed by atoms with Crippen molar-refractivity contribution in [2.24, 2.45) is 0 Å². The van der Waals surface area contributed by atoms with Gasteiger partial charge in [-0.3, -0.25) is 4.79 Å². The molecule has 0 aliphatic carbocycles. The molecule has 0 atom stereocenters. The molecule has 1 amide bonds. The Balaban J connectivity index is 1.70. The number of thioether (sulfide) groups is 1. The molecule has 166 valence electrons. The van der Waals surface area contributed by atoms with Crippen LogP contribution in [0, 0.1) is 0 Å². The second-order valence-corrected chi connectivity index (χ2v) is 9.15. The van der Waals surface area contributed by atoms with Gasteiger partial charge in [-0.15, -0.1) is 21.5 Å². The van der Waals surface area contributed by atoms with Gasteiger partial charge in [-0.25, -0.2) is 0 Å². The summed E-state index contributed by atoms with van der Waals surface area (Å²) in [7, 11) is 0. The summed E-state index contributed by atoms with van der Waals surface area (Å²) in [6, 6.07) is 6.69. The number of hydrogen-bond acceptors (Lipinski definition) is 5. The van der Waals surface area contributed by atoms with Gasteiger partial charge in [0.15, 0.2) is 11.0 Å². The summed E-state index contributed by atoms with van der Waals surface area (Å²) in [4.78, 5) is 13.6. The number of alkyl halides is 3. The quantitative estimate of drug-likeness (QED) is 0.395. The van der Waals surface area contributed by atoms with Crippen molar-refractivity contribution >= 4 is 34.7 Å². The molecule has 0 aliphatic heterocycles. The van der Waals surface area contributed by atoms with Crippen molar-refractivity contribution in [1.82, 2.24) is 14.8 Å². The maximum Gasteiger partial charge on any atom is 0.416 e. The van der Waals surface area contributed by atoms with E-state index in [-0.39, 0.29) is 11.4 Å². The van der Waals surface area contributed by atoms with E-state index in [0.717, 1.165) is 29.9 Å². The smallest absolute Gasteiger partial charge is 0.325 e. The fourth-order valence-electron chi connectivity index (χ4n) is 2.91. The van der Waals surface area contributed by atoms with Crippen LogP contribution < -0.4 is 5.32 Å². The third-order valence-electron chi connectivity index (χ3n) is 4.42. The molecule has 0 spiro atoms. The minimum absolute atomic E-state index is 0.0129. The SMILES string of the molecule is CCCn1c(SCC(=O)Nc2cccc(C(F)(F)F)c2)nnc1-c1csc(C(C)C)c1. The van der Waals surface area contributed by atoms with Crippen molar-refractivity contribution in [3.8, 4) is 11.4 Å². The number of nitrogens with zero attached hydrogens (tertiary/aromatic N) is 3. The van der Waals surface area contributed by atoms with Gasteiger partial charge in [-0.1, -0.05) is 38.6 Å². The van der Waals surface area contributed by atoms with Gasteiger partial charge in [0.05, 0.1) is 11.3 Å². The lowest BCUT2D eigenvalue weighted by Crippen LogP contribution is -2.15. The maximum absolute atomic E-state index is 12.8. The van der Waals surface area contributed by atoms with E-state index >= 15 is 0 Å². The molecule has 1 aromatic carbocycles. The number of benzene rings is 1. The molecule has 0 saturated heterocycles. The zero-order chi connectivity index (χ0) is 22.6. The Morgan fingerprint density at radius 1 is 1.26 bits per heavy atom. The first-order chi connectivity index (χ1) is 14.7. The van der Waals surface area contributed by atoms with Crippen LogP contribution in [-0.2, 0) is 17.5 Å². The summed E-state index contributed by atoms with van der Waals surface area (Å²) in [5, 5.41) is 13.7. The van der Waals surface area contributed by atoms with E-state index in [1.807, 2.05) is 11.5 Å². The van der Waals surface area contributed by atoms with Crippen LogP contribution >= 0.6 is 23.1 Å². The van der Waals surface area contributed by atoms with E-state index in [1.54, 1.807) is 11.3 Å². The number of rotatable bonds is 8. The minimum atomic E-state index is -4.46. The van der Waals surface area contributed by atoms with Gasteiger partial charge < -0.3 is 9.88 Å². The Kier molecular flexibility index (Phi) is 7.42. The number of halogens is 3. The molecule has 0 bridgehead atoms. The van der Waals surface area contributed by atoms with Crippen LogP contribution in [-0.4, -0.2) is 26.4 Å². The second kappa shape index (κ2) is 9.86. The fourth-order valence-corrected chi connectivity index (χ4v) is 4.58. The summed E-state index contributed by atoms with van der Waals surface area (Å²) in [6.45, 7) is 7.02. The summed E-state index contributed by atoms with van der Waals surface area (Å²) >= 11 is 2.89. The van der Waals surface area contributed by atoms with Gasteiger partial charge in [-0.2, -0.15) is 13.2 Å². The average Bonchev–Trinajstić information content (AvgIpc) is 3.33. The van der Waals surface area contributed by atoms with Crippen molar-refractivity contribution in [3.63, 3.8) is 0 Å². The lowest BCUT2D eigenvalue weighted by Gasteiger charge is -2.10. The van der Waals surface area contributed by atoms with E-state index < -0.39 is 17.6 Å². The Morgan fingerprint density at radius 2 is 2.03 bits per heavy atom. The summed E-state index contributed by atoms with van der Waals surface area (Å²) in [5.74, 6) is 0.786. The average molecular weight is 469 g/mol. The standard InChI is InChI=1S/C21H23F3N4OS2/c1-4-8-28-19(14-9-17(13(2)3)30-11-14)26-27-20(28)31-12-18(29)25-16-7-5-6-15(10-16)21(22,23)24/h5-7,9-11,13H,4,8,12H2,1-3H3,(H,25,29). The third kappa shape index (κ3) is 5.88. The van der Waals surface area contributed by atoms with Crippen molar-refractivity contribution in [3.05, 3.63) is 46.2 Å². The lowest BCUT2D eigenvalue weighted by molar-refractivity contribution is -0.137.